The third-order valence-electron chi connectivity index (χ3n) is 5.30. The highest BCUT2D eigenvalue weighted by Crippen LogP contribution is 2.26. The van der Waals surface area contributed by atoms with Gasteiger partial charge in [0.15, 0.2) is 0 Å². The van der Waals surface area contributed by atoms with Crippen molar-refractivity contribution in [1.29, 1.82) is 0 Å². The van der Waals surface area contributed by atoms with Gasteiger partial charge in [0.25, 0.3) is 0 Å². The lowest BCUT2D eigenvalue weighted by Crippen LogP contribution is -2.32. The molecular formula is C17H27N7. The fourth-order valence-electron chi connectivity index (χ4n) is 4.04. The van der Waals surface area contributed by atoms with Crippen LogP contribution < -0.4 is 0 Å². The predicted octanol–water partition coefficient (Wildman–Crippen LogP) is 0.879. The Morgan fingerprint density at radius 2 is 2.04 bits per heavy atom. The Kier molecular flexibility index (Phi) is 4.37. The highest BCUT2D eigenvalue weighted by Gasteiger charge is 2.27. The molecule has 0 unspecified atom stereocenters. The van der Waals surface area contributed by atoms with Crippen molar-refractivity contribution in [3.05, 3.63) is 29.6 Å². The summed E-state index contributed by atoms with van der Waals surface area (Å²) in [7, 11) is 4.18. The molecule has 0 aliphatic carbocycles. The molecule has 0 radical (unpaired) electrons. The molecule has 2 aromatic heterocycles. The molecule has 7 heteroatoms. The van der Waals surface area contributed by atoms with Crippen molar-refractivity contribution >= 4 is 0 Å². The smallest absolute Gasteiger partial charge is 0.137 e. The summed E-state index contributed by atoms with van der Waals surface area (Å²) in [6, 6.07) is 0. The number of aryl methyl sites for hydroxylation is 1. The second kappa shape index (κ2) is 6.64. The van der Waals surface area contributed by atoms with Crippen LogP contribution in [0.25, 0.3) is 0 Å². The van der Waals surface area contributed by atoms with Crippen LogP contribution in [0.15, 0.2) is 12.4 Å². The van der Waals surface area contributed by atoms with Crippen molar-refractivity contribution in [2.24, 2.45) is 7.05 Å². The normalized spacial score (nSPS) is 23.2. The number of fused-ring (bicyclic) bond motifs is 1. The number of likely N-dealkylation sites (tertiary alicyclic amines) is 1. The number of likely N-dealkylation sites (N-methyl/N-ethyl adjacent to an activating group) is 1. The molecule has 0 amide bonds. The van der Waals surface area contributed by atoms with Crippen LogP contribution in [-0.2, 0) is 26.6 Å². The fourth-order valence-corrected chi connectivity index (χ4v) is 4.04. The van der Waals surface area contributed by atoms with Crippen LogP contribution in [0.1, 0.15) is 36.0 Å². The van der Waals surface area contributed by atoms with Gasteiger partial charge in [0.1, 0.15) is 11.6 Å². The van der Waals surface area contributed by atoms with Crippen molar-refractivity contribution < 1.29 is 0 Å². The molecule has 24 heavy (non-hydrogen) atoms. The van der Waals surface area contributed by atoms with Gasteiger partial charge in [-0.25, -0.2) is 0 Å². The number of aromatic nitrogens is 5. The molecule has 4 heterocycles. The van der Waals surface area contributed by atoms with Crippen molar-refractivity contribution in [2.45, 2.75) is 38.3 Å². The molecule has 4 rings (SSSR count). The summed E-state index contributed by atoms with van der Waals surface area (Å²) >= 11 is 0. The maximum Gasteiger partial charge on any atom is 0.137 e. The van der Waals surface area contributed by atoms with Crippen LogP contribution in [0, 0.1) is 0 Å². The minimum Gasteiger partial charge on any atom is -0.313 e. The Bertz CT molecular complexity index is 689. The van der Waals surface area contributed by atoms with Gasteiger partial charge in [-0.3, -0.25) is 9.58 Å². The molecule has 1 atom stereocenters. The summed E-state index contributed by atoms with van der Waals surface area (Å²) in [5, 5.41) is 13.4. The van der Waals surface area contributed by atoms with E-state index < -0.39 is 0 Å². The second-order valence-electron chi connectivity index (χ2n) is 7.28. The number of piperidine rings is 1. The van der Waals surface area contributed by atoms with Crippen molar-refractivity contribution in [3.63, 3.8) is 0 Å². The Hall–Kier alpha value is -1.73. The van der Waals surface area contributed by atoms with E-state index in [0.29, 0.717) is 5.92 Å². The van der Waals surface area contributed by atoms with E-state index in [0.717, 1.165) is 45.0 Å². The molecular weight excluding hydrogens is 302 g/mol. The van der Waals surface area contributed by atoms with Gasteiger partial charge in [0, 0.05) is 63.9 Å². The van der Waals surface area contributed by atoms with Crippen molar-refractivity contribution in [3.8, 4) is 0 Å². The Labute approximate surface area is 143 Å². The van der Waals surface area contributed by atoms with Crippen LogP contribution in [-0.4, -0.2) is 67.6 Å². The van der Waals surface area contributed by atoms with Gasteiger partial charge in [0.2, 0.25) is 0 Å². The highest BCUT2D eigenvalue weighted by molar-refractivity contribution is 5.07. The molecule has 1 fully saturated rings. The standard InChI is InChI=1S/C17H27N7/c1-21-6-3-4-15(13-21)17-20-19-16-5-7-23(8-9-24(16)17)12-14-10-18-22(2)11-14/h10-11,15H,3-9,12-13H2,1-2H3/t15-/m1/s1. The summed E-state index contributed by atoms with van der Waals surface area (Å²) in [6.45, 7) is 6.37. The quantitative estimate of drug-likeness (QED) is 0.837. The SMILES string of the molecule is CN1CCC[C@@H](c2nnc3n2CCN(Cc2cnn(C)c2)CC3)C1. The van der Waals surface area contributed by atoms with E-state index in [2.05, 4.69) is 42.9 Å². The van der Waals surface area contributed by atoms with Gasteiger partial charge in [-0.2, -0.15) is 5.10 Å². The number of rotatable bonds is 3. The Morgan fingerprint density at radius 1 is 1.12 bits per heavy atom. The number of nitrogens with zero attached hydrogens (tertiary/aromatic N) is 7. The molecule has 0 spiro atoms. The first kappa shape index (κ1) is 15.8. The zero-order valence-corrected chi connectivity index (χ0v) is 14.7. The van der Waals surface area contributed by atoms with Gasteiger partial charge >= 0.3 is 0 Å². The molecule has 0 bridgehead atoms. The Morgan fingerprint density at radius 3 is 2.83 bits per heavy atom. The van der Waals surface area contributed by atoms with Crippen LogP contribution >= 0.6 is 0 Å². The topological polar surface area (TPSA) is 55.0 Å². The van der Waals surface area contributed by atoms with Crippen LogP contribution in [0.4, 0.5) is 0 Å². The minimum atomic E-state index is 0.537. The average Bonchev–Trinajstić information content (AvgIpc) is 3.11. The summed E-state index contributed by atoms with van der Waals surface area (Å²) < 4.78 is 4.27. The van der Waals surface area contributed by atoms with E-state index in [4.69, 9.17) is 0 Å². The molecule has 0 N–H and O–H groups in total. The maximum atomic E-state index is 4.56. The molecule has 1 saturated heterocycles. The average molecular weight is 329 g/mol. The molecule has 2 aliphatic heterocycles. The maximum absolute atomic E-state index is 4.56. The van der Waals surface area contributed by atoms with Crippen molar-refractivity contribution in [1.82, 2.24) is 34.3 Å². The molecule has 7 nitrogen and oxygen atoms in total. The molecule has 2 aromatic rings. The third kappa shape index (κ3) is 3.23. The van der Waals surface area contributed by atoms with Gasteiger partial charge in [-0.05, 0) is 26.4 Å². The first-order valence-electron chi connectivity index (χ1n) is 8.99. The lowest BCUT2D eigenvalue weighted by Gasteiger charge is -2.29. The number of hydrogen-bond donors (Lipinski definition) is 0. The van der Waals surface area contributed by atoms with E-state index in [1.54, 1.807) is 0 Å². The van der Waals surface area contributed by atoms with Gasteiger partial charge in [-0.15, -0.1) is 10.2 Å². The first-order valence-corrected chi connectivity index (χ1v) is 8.99. The monoisotopic (exact) mass is 329 g/mol. The highest BCUT2D eigenvalue weighted by atomic mass is 15.3. The molecule has 0 saturated carbocycles. The van der Waals surface area contributed by atoms with E-state index in [1.807, 2.05) is 17.9 Å². The fraction of sp³-hybridized carbons (Fsp3) is 0.706. The predicted molar refractivity (Wildman–Crippen MR) is 91.7 cm³/mol. The minimum absolute atomic E-state index is 0.537. The first-order chi connectivity index (χ1) is 11.7. The lowest BCUT2D eigenvalue weighted by molar-refractivity contribution is 0.239. The van der Waals surface area contributed by atoms with Gasteiger partial charge < -0.3 is 9.47 Å². The zero-order valence-electron chi connectivity index (χ0n) is 14.7. The second-order valence-corrected chi connectivity index (χ2v) is 7.28. The van der Waals surface area contributed by atoms with Gasteiger partial charge in [0.05, 0.1) is 6.20 Å². The van der Waals surface area contributed by atoms with Crippen LogP contribution in [0.5, 0.6) is 0 Å². The van der Waals surface area contributed by atoms with E-state index >= 15 is 0 Å². The van der Waals surface area contributed by atoms with Crippen LogP contribution in [0.3, 0.4) is 0 Å². The summed E-state index contributed by atoms with van der Waals surface area (Å²) in [5.74, 6) is 2.90. The Balaban J connectivity index is 1.45. The zero-order chi connectivity index (χ0) is 16.5. The summed E-state index contributed by atoms with van der Waals surface area (Å²) in [5.41, 5.74) is 1.28. The van der Waals surface area contributed by atoms with Crippen LogP contribution in [0.2, 0.25) is 0 Å². The molecule has 2 aliphatic rings. The van der Waals surface area contributed by atoms with Crippen molar-refractivity contribution in [2.75, 3.05) is 33.2 Å². The van der Waals surface area contributed by atoms with E-state index in [9.17, 15) is 0 Å². The summed E-state index contributed by atoms with van der Waals surface area (Å²) in [4.78, 5) is 4.92. The third-order valence-corrected chi connectivity index (χ3v) is 5.30. The number of hydrogen-bond acceptors (Lipinski definition) is 5. The largest absolute Gasteiger partial charge is 0.313 e. The van der Waals surface area contributed by atoms with E-state index in [1.165, 1.54) is 30.8 Å². The van der Waals surface area contributed by atoms with Gasteiger partial charge in [-0.1, -0.05) is 0 Å². The lowest BCUT2D eigenvalue weighted by atomic mass is 9.97. The summed E-state index contributed by atoms with van der Waals surface area (Å²) in [6.07, 6.45) is 7.55. The molecule has 130 valence electrons. The molecule has 0 aromatic carbocycles. The van der Waals surface area contributed by atoms with E-state index in [-0.39, 0.29) is 0 Å².